The summed E-state index contributed by atoms with van der Waals surface area (Å²) in [5.41, 5.74) is 2.40. The molecule has 0 heterocycles. The van der Waals surface area contributed by atoms with Crippen LogP contribution in [0, 0.1) is 0 Å². The topological polar surface area (TPSA) is 64.6 Å². The van der Waals surface area contributed by atoms with Gasteiger partial charge in [0.25, 0.3) is 5.91 Å². The first-order valence-electron chi connectivity index (χ1n) is 9.27. The van der Waals surface area contributed by atoms with Crippen LogP contribution in [0.15, 0.2) is 42.5 Å². The molecule has 1 amide bonds. The fourth-order valence-corrected chi connectivity index (χ4v) is 3.02. The van der Waals surface area contributed by atoms with Gasteiger partial charge in [-0.3, -0.25) is 9.59 Å². The van der Waals surface area contributed by atoms with E-state index in [1.54, 1.807) is 25.1 Å². The van der Waals surface area contributed by atoms with Crippen LogP contribution >= 0.6 is 11.6 Å². The molecule has 0 bridgehead atoms. The Morgan fingerprint density at radius 3 is 2.54 bits per heavy atom. The maximum atomic E-state index is 12.5. The summed E-state index contributed by atoms with van der Waals surface area (Å²) >= 11 is 5.98. The largest absolute Gasteiger partial charge is 0.496 e. The second-order valence-electron chi connectivity index (χ2n) is 6.65. The summed E-state index contributed by atoms with van der Waals surface area (Å²) in [6, 6.07) is 12.7. The third-order valence-corrected chi connectivity index (χ3v) is 4.85. The van der Waals surface area contributed by atoms with Gasteiger partial charge in [0, 0.05) is 16.3 Å². The molecule has 0 unspecified atom stereocenters. The lowest BCUT2D eigenvalue weighted by Gasteiger charge is -2.18. The average Bonchev–Trinajstić information content (AvgIpc) is 2.67. The third-order valence-electron chi connectivity index (χ3n) is 4.62. The Bertz CT molecular complexity index is 837. The highest BCUT2D eigenvalue weighted by atomic mass is 35.5. The number of esters is 1. The van der Waals surface area contributed by atoms with Gasteiger partial charge in [0.05, 0.1) is 13.5 Å². The zero-order valence-corrected chi connectivity index (χ0v) is 17.4. The summed E-state index contributed by atoms with van der Waals surface area (Å²) in [7, 11) is 1.52. The highest BCUT2D eigenvalue weighted by molar-refractivity contribution is 6.30. The Morgan fingerprint density at radius 1 is 1.14 bits per heavy atom. The monoisotopic (exact) mass is 403 g/mol. The highest BCUT2D eigenvalue weighted by Gasteiger charge is 2.21. The van der Waals surface area contributed by atoms with Crippen molar-refractivity contribution in [3.8, 4) is 5.75 Å². The smallest absolute Gasteiger partial charge is 0.311 e. The molecule has 5 nitrogen and oxygen atoms in total. The Kier molecular flexibility index (Phi) is 7.88. The van der Waals surface area contributed by atoms with E-state index in [4.69, 9.17) is 21.1 Å². The van der Waals surface area contributed by atoms with Crippen molar-refractivity contribution in [1.82, 2.24) is 0 Å². The summed E-state index contributed by atoms with van der Waals surface area (Å²) in [5, 5.41) is 3.36. The number of hydrogen-bond donors (Lipinski definition) is 1. The second-order valence-corrected chi connectivity index (χ2v) is 7.09. The van der Waals surface area contributed by atoms with Gasteiger partial charge in [-0.05, 0) is 49.1 Å². The minimum Gasteiger partial charge on any atom is -0.496 e. The van der Waals surface area contributed by atoms with Crippen LogP contribution in [-0.4, -0.2) is 25.1 Å². The van der Waals surface area contributed by atoms with E-state index < -0.39 is 12.1 Å². The number of carbonyl (C=O) groups excluding carboxylic acids is 2. The van der Waals surface area contributed by atoms with Crippen molar-refractivity contribution in [3.05, 3.63) is 58.6 Å². The molecule has 0 radical (unpaired) electrons. The number of para-hydroxylation sites is 1. The van der Waals surface area contributed by atoms with E-state index >= 15 is 0 Å². The fourth-order valence-electron chi connectivity index (χ4n) is 2.83. The molecule has 0 fully saturated rings. The number of anilines is 1. The lowest BCUT2D eigenvalue weighted by Crippen LogP contribution is -2.31. The van der Waals surface area contributed by atoms with Crippen LogP contribution in [0.2, 0.25) is 5.02 Å². The summed E-state index contributed by atoms with van der Waals surface area (Å²) < 4.78 is 10.5. The fraction of sp³-hybridized carbons (Fsp3) is 0.364. The molecule has 2 aromatic rings. The molecule has 6 heteroatoms. The van der Waals surface area contributed by atoms with E-state index in [-0.39, 0.29) is 12.3 Å². The van der Waals surface area contributed by atoms with E-state index in [0.29, 0.717) is 22.3 Å². The van der Waals surface area contributed by atoms with Crippen LogP contribution in [0.1, 0.15) is 44.2 Å². The molecule has 0 saturated heterocycles. The number of nitrogens with one attached hydrogen (secondary N) is 1. The van der Waals surface area contributed by atoms with Crippen LogP contribution in [-0.2, 0) is 20.7 Å². The SMILES string of the molecule is CC[C@@H](C)c1ccccc1NC(=O)[C@H](C)OC(=O)Cc1cc(Cl)ccc1OC. The molecular formula is C22H26ClNO4. The van der Waals surface area contributed by atoms with Gasteiger partial charge in [-0.25, -0.2) is 0 Å². The molecule has 0 aliphatic heterocycles. The number of carbonyl (C=O) groups is 2. The lowest BCUT2D eigenvalue weighted by molar-refractivity contribution is -0.152. The maximum Gasteiger partial charge on any atom is 0.311 e. The van der Waals surface area contributed by atoms with Crippen molar-refractivity contribution in [2.45, 2.75) is 45.6 Å². The molecule has 2 rings (SSSR count). The van der Waals surface area contributed by atoms with Gasteiger partial charge >= 0.3 is 5.97 Å². The maximum absolute atomic E-state index is 12.5. The quantitative estimate of drug-likeness (QED) is 0.631. The number of halogens is 1. The molecule has 0 saturated carbocycles. The summed E-state index contributed by atoms with van der Waals surface area (Å²) in [6.07, 6.45) is -0.00775. The number of methoxy groups -OCH3 is 1. The predicted octanol–water partition coefficient (Wildman–Crippen LogP) is 4.98. The molecule has 1 N–H and O–H groups in total. The molecule has 150 valence electrons. The second kappa shape index (κ2) is 10.1. The van der Waals surface area contributed by atoms with Crippen molar-refractivity contribution in [3.63, 3.8) is 0 Å². The van der Waals surface area contributed by atoms with Crippen molar-refractivity contribution < 1.29 is 19.1 Å². The van der Waals surface area contributed by atoms with E-state index in [0.717, 1.165) is 17.7 Å². The average molecular weight is 404 g/mol. The molecule has 0 aromatic heterocycles. The van der Waals surface area contributed by atoms with Gasteiger partial charge in [-0.15, -0.1) is 0 Å². The minimum atomic E-state index is -0.928. The van der Waals surface area contributed by atoms with Gasteiger partial charge in [0.1, 0.15) is 5.75 Å². The molecule has 0 aliphatic carbocycles. The lowest BCUT2D eigenvalue weighted by atomic mass is 9.97. The molecule has 0 aliphatic rings. The van der Waals surface area contributed by atoms with Crippen molar-refractivity contribution >= 4 is 29.2 Å². The Labute approximate surface area is 171 Å². The first kappa shape index (κ1) is 21.8. The Morgan fingerprint density at radius 2 is 1.86 bits per heavy atom. The minimum absolute atomic E-state index is 0.0369. The molecule has 0 spiro atoms. The van der Waals surface area contributed by atoms with Crippen LogP contribution in [0.5, 0.6) is 5.75 Å². The molecule has 2 aromatic carbocycles. The van der Waals surface area contributed by atoms with Crippen LogP contribution < -0.4 is 10.1 Å². The van der Waals surface area contributed by atoms with Crippen molar-refractivity contribution in [2.24, 2.45) is 0 Å². The number of rotatable bonds is 8. The van der Waals surface area contributed by atoms with E-state index in [9.17, 15) is 9.59 Å². The summed E-state index contributed by atoms with van der Waals surface area (Å²) in [4.78, 5) is 24.8. The molecular weight excluding hydrogens is 378 g/mol. The number of hydrogen-bond acceptors (Lipinski definition) is 4. The van der Waals surface area contributed by atoms with Gasteiger partial charge in [-0.2, -0.15) is 0 Å². The number of ether oxygens (including phenoxy) is 2. The zero-order valence-electron chi connectivity index (χ0n) is 16.6. The first-order chi connectivity index (χ1) is 13.3. The van der Waals surface area contributed by atoms with Crippen LogP contribution in [0.4, 0.5) is 5.69 Å². The Hall–Kier alpha value is -2.53. The molecule has 28 heavy (non-hydrogen) atoms. The van der Waals surface area contributed by atoms with Crippen molar-refractivity contribution in [2.75, 3.05) is 12.4 Å². The Balaban J connectivity index is 2.01. The van der Waals surface area contributed by atoms with Gasteiger partial charge < -0.3 is 14.8 Å². The van der Waals surface area contributed by atoms with Gasteiger partial charge in [0.15, 0.2) is 6.10 Å². The zero-order chi connectivity index (χ0) is 20.7. The van der Waals surface area contributed by atoms with Crippen LogP contribution in [0.25, 0.3) is 0 Å². The first-order valence-corrected chi connectivity index (χ1v) is 9.65. The number of amides is 1. The van der Waals surface area contributed by atoms with Crippen molar-refractivity contribution in [1.29, 1.82) is 0 Å². The van der Waals surface area contributed by atoms with Crippen LogP contribution in [0.3, 0.4) is 0 Å². The standard InChI is InChI=1S/C22H26ClNO4/c1-5-14(2)18-8-6-7-9-19(18)24-22(26)15(3)28-21(25)13-16-12-17(23)10-11-20(16)27-4/h6-12,14-15H,5,13H2,1-4H3,(H,24,26)/t14-,15+/m1/s1. The van der Waals surface area contributed by atoms with E-state index in [2.05, 4.69) is 19.2 Å². The summed E-state index contributed by atoms with van der Waals surface area (Å²) in [5.74, 6) is -0.0498. The molecule has 2 atom stereocenters. The summed E-state index contributed by atoms with van der Waals surface area (Å²) in [6.45, 7) is 5.75. The third kappa shape index (κ3) is 5.73. The highest BCUT2D eigenvalue weighted by Crippen LogP contribution is 2.27. The van der Waals surface area contributed by atoms with E-state index in [1.165, 1.54) is 7.11 Å². The number of benzene rings is 2. The van der Waals surface area contributed by atoms with E-state index in [1.807, 2.05) is 24.3 Å². The normalized spacial score (nSPS) is 12.8. The van der Waals surface area contributed by atoms with Gasteiger partial charge in [-0.1, -0.05) is 43.6 Å². The van der Waals surface area contributed by atoms with Gasteiger partial charge in [0.2, 0.25) is 0 Å². The predicted molar refractivity (Wildman–Crippen MR) is 111 cm³/mol.